The van der Waals surface area contributed by atoms with Gasteiger partial charge in [0.25, 0.3) is 0 Å². The van der Waals surface area contributed by atoms with E-state index < -0.39 is 6.09 Å². The zero-order valence-electron chi connectivity index (χ0n) is 12.8. The zero-order chi connectivity index (χ0) is 15.8. The molecule has 1 aliphatic heterocycles. The van der Waals surface area contributed by atoms with Gasteiger partial charge in [-0.05, 0) is 12.0 Å². The second kappa shape index (κ2) is 8.38. The lowest BCUT2D eigenvalue weighted by Crippen LogP contribution is -2.40. The van der Waals surface area contributed by atoms with Gasteiger partial charge >= 0.3 is 6.09 Å². The van der Waals surface area contributed by atoms with Gasteiger partial charge in [0.1, 0.15) is 13.3 Å². The molecule has 0 saturated carbocycles. The topological polar surface area (TPSA) is 67.9 Å². The van der Waals surface area contributed by atoms with Crippen LogP contribution >= 0.6 is 0 Å². The van der Waals surface area contributed by atoms with E-state index in [1.165, 1.54) is 0 Å². The van der Waals surface area contributed by atoms with E-state index in [4.69, 9.17) is 9.47 Å². The van der Waals surface area contributed by atoms with E-state index in [0.717, 1.165) is 5.56 Å². The van der Waals surface area contributed by atoms with Crippen molar-refractivity contribution in [2.75, 3.05) is 19.9 Å². The van der Waals surface area contributed by atoms with E-state index >= 15 is 0 Å². The SMILES string of the molecule is CCC(CC(=O)N1CCOC1)NC(=O)OCc1ccccc1. The molecule has 22 heavy (non-hydrogen) atoms. The number of carbonyl (C=O) groups is 2. The molecule has 6 nitrogen and oxygen atoms in total. The number of nitrogens with zero attached hydrogens (tertiary/aromatic N) is 1. The molecule has 1 aromatic rings. The summed E-state index contributed by atoms with van der Waals surface area (Å²) in [6.45, 7) is 3.68. The molecule has 0 spiro atoms. The molecule has 0 radical (unpaired) electrons. The average molecular weight is 306 g/mol. The summed E-state index contributed by atoms with van der Waals surface area (Å²) in [6, 6.07) is 9.24. The second-order valence-corrected chi connectivity index (χ2v) is 5.21. The van der Waals surface area contributed by atoms with Crippen LogP contribution in [0.5, 0.6) is 0 Å². The highest BCUT2D eigenvalue weighted by molar-refractivity contribution is 5.78. The molecule has 120 valence electrons. The lowest BCUT2D eigenvalue weighted by atomic mass is 10.1. The van der Waals surface area contributed by atoms with Gasteiger partial charge in [0.2, 0.25) is 5.91 Å². The standard InChI is InChI=1S/C16H22N2O4/c1-2-14(10-15(19)18-8-9-21-12-18)17-16(20)22-11-13-6-4-3-5-7-13/h3-7,14H,2,8-12H2,1H3,(H,17,20). The van der Waals surface area contributed by atoms with Crippen LogP contribution in [0.2, 0.25) is 0 Å². The molecule has 1 aliphatic rings. The number of amides is 2. The van der Waals surface area contributed by atoms with E-state index in [0.29, 0.717) is 26.3 Å². The molecule has 6 heteroatoms. The van der Waals surface area contributed by atoms with Crippen LogP contribution in [0.1, 0.15) is 25.3 Å². The molecule has 0 bridgehead atoms. The summed E-state index contributed by atoms with van der Waals surface area (Å²) in [6.07, 6.45) is 0.433. The third-order valence-corrected chi connectivity index (χ3v) is 3.55. The van der Waals surface area contributed by atoms with Crippen molar-refractivity contribution in [2.45, 2.75) is 32.4 Å². The van der Waals surface area contributed by atoms with Crippen molar-refractivity contribution in [3.8, 4) is 0 Å². The Bertz CT molecular complexity index is 486. The van der Waals surface area contributed by atoms with E-state index in [9.17, 15) is 9.59 Å². The molecule has 0 aliphatic carbocycles. The number of rotatable bonds is 6. The molecular formula is C16H22N2O4. The number of carbonyl (C=O) groups excluding carboxylic acids is 2. The molecule has 1 unspecified atom stereocenters. The van der Waals surface area contributed by atoms with Crippen LogP contribution in [0.3, 0.4) is 0 Å². The van der Waals surface area contributed by atoms with Crippen molar-refractivity contribution >= 4 is 12.0 Å². The van der Waals surface area contributed by atoms with Crippen molar-refractivity contribution in [3.63, 3.8) is 0 Å². The quantitative estimate of drug-likeness (QED) is 0.871. The van der Waals surface area contributed by atoms with Crippen molar-refractivity contribution < 1.29 is 19.1 Å². The Morgan fingerprint density at radius 2 is 2.14 bits per heavy atom. The number of hydrogen-bond acceptors (Lipinski definition) is 4. The van der Waals surface area contributed by atoms with Crippen LogP contribution in [-0.4, -0.2) is 42.8 Å². The van der Waals surface area contributed by atoms with Gasteiger partial charge in [-0.1, -0.05) is 37.3 Å². The van der Waals surface area contributed by atoms with Gasteiger partial charge in [0, 0.05) is 19.0 Å². The van der Waals surface area contributed by atoms with Crippen molar-refractivity contribution in [3.05, 3.63) is 35.9 Å². The van der Waals surface area contributed by atoms with E-state index in [2.05, 4.69) is 5.32 Å². The maximum absolute atomic E-state index is 12.0. The first-order chi connectivity index (χ1) is 10.7. The summed E-state index contributed by atoms with van der Waals surface area (Å²) in [5, 5.41) is 2.74. The molecule has 1 heterocycles. The normalized spacial score (nSPS) is 15.4. The van der Waals surface area contributed by atoms with E-state index in [1.54, 1.807) is 4.90 Å². The smallest absolute Gasteiger partial charge is 0.407 e. The van der Waals surface area contributed by atoms with Crippen LogP contribution in [-0.2, 0) is 20.9 Å². The van der Waals surface area contributed by atoms with E-state index in [1.807, 2.05) is 37.3 Å². The van der Waals surface area contributed by atoms with Gasteiger partial charge in [-0.15, -0.1) is 0 Å². The molecule has 1 fully saturated rings. The molecule has 1 aromatic carbocycles. The van der Waals surface area contributed by atoms with Gasteiger partial charge in [0.05, 0.1) is 6.61 Å². The fourth-order valence-corrected chi connectivity index (χ4v) is 2.18. The summed E-state index contributed by atoms with van der Waals surface area (Å²) >= 11 is 0. The van der Waals surface area contributed by atoms with Gasteiger partial charge in [-0.2, -0.15) is 0 Å². The molecule has 2 rings (SSSR count). The Hall–Kier alpha value is -2.08. The predicted molar refractivity (Wildman–Crippen MR) is 81.0 cm³/mol. The maximum atomic E-state index is 12.0. The Balaban J connectivity index is 1.74. The minimum atomic E-state index is -0.499. The Morgan fingerprint density at radius 3 is 2.77 bits per heavy atom. The lowest BCUT2D eigenvalue weighted by Gasteiger charge is -2.20. The highest BCUT2D eigenvalue weighted by Crippen LogP contribution is 2.07. The number of benzene rings is 1. The van der Waals surface area contributed by atoms with Gasteiger partial charge in [-0.25, -0.2) is 4.79 Å². The third kappa shape index (κ3) is 5.04. The number of alkyl carbamates (subject to hydrolysis) is 1. The lowest BCUT2D eigenvalue weighted by molar-refractivity contribution is -0.132. The van der Waals surface area contributed by atoms with Gasteiger partial charge < -0.3 is 19.7 Å². The summed E-state index contributed by atoms with van der Waals surface area (Å²) in [7, 11) is 0. The molecular weight excluding hydrogens is 284 g/mol. The zero-order valence-corrected chi connectivity index (χ0v) is 12.8. The van der Waals surface area contributed by atoms with Crippen molar-refractivity contribution in [1.29, 1.82) is 0 Å². The minimum Gasteiger partial charge on any atom is -0.445 e. The fourth-order valence-electron chi connectivity index (χ4n) is 2.18. The second-order valence-electron chi connectivity index (χ2n) is 5.21. The number of ether oxygens (including phenoxy) is 2. The minimum absolute atomic E-state index is 0.00675. The first-order valence-corrected chi connectivity index (χ1v) is 7.51. The van der Waals surface area contributed by atoms with Crippen LogP contribution in [0.4, 0.5) is 4.79 Å². The Labute approximate surface area is 130 Å². The number of nitrogens with one attached hydrogen (secondary N) is 1. The van der Waals surface area contributed by atoms with Crippen LogP contribution in [0, 0.1) is 0 Å². The third-order valence-electron chi connectivity index (χ3n) is 3.55. The van der Waals surface area contributed by atoms with Crippen molar-refractivity contribution in [1.82, 2.24) is 10.2 Å². The van der Waals surface area contributed by atoms with Crippen LogP contribution in [0.15, 0.2) is 30.3 Å². The molecule has 1 atom stereocenters. The largest absolute Gasteiger partial charge is 0.445 e. The average Bonchev–Trinajstić information content (AvgIpc) is 3.08. The predicted octanol–water partition coefficient (Wildman–Crippen LogP) is 1.90. The maximum Gasteiger partial charge on any atom is 0.407 e. The van der Waals surface area contributed by atoms with Crippen molar-refractivity contribution in [2.24, 2.45) is 0 Å². The summed E-state index contributed by atoms with van der Waals surface area (Å²) < 4.78 is 10.3. The first kappa shape index (κ1) is 16.3. The van der Waals surface area contributed by atoms with Gasteiger partial charge in [-0.3, -0.25) is 4.79 Å². The van der Waals surface area contributed by atoms with E-state index in [-0.39, 0.29) is 25.0 Å². The summed E-state index contributed by atoms with van der Waals surface area (Å²) in [5.41, 5.74) is 0.927. The molecule has 1 saturated heterocycles. The first-order valence-electron chi connectivity index (χ1n) is 7.51. The summed E-state index contributed by atoms with van der Waals surface area (Å²) in [4.78, 5) is 25.5. The van der Waals surface area contributed by atoms with Crippen LogP contribution < -0.4 is 5.32 Å². The number of hydrogen-bond donors (Lipinski definition) is 1. The summed E-state index contributed by atoms with van der Waals surface area (Å²) in [5.74, 6) is -0.00675. The highest BCUT2D eigenvalue weighted by Gasteiger charge is 2.22. The molecule has 1 N–H and O–H groups in total. The van der Waals surface area contributed by atoms with Gasteiger partial charge in [0.15, 0.2) is 0 Å². The molecule has 0 aromatic heterocycles. The Morgan fingerprint density at radius 1 is 1.36 bits per heavy atom. The monoisotopic (exact) mass is 306 g/mol. The molecule has 2 amide bonds. The fraction of sp³-hybridized carbons (Fsp3) is 0.500. The Kier molecular flexibility index (Phi) is 6.21. The highest BCUT2D eigenvalue weighted by atomic mass is 16.5. The van der Waals surface area contributed by atoms with Crippen LogP contribution in [0.25, 0.3) is 0 Å².